The molecular formula is C14H13N3O3S2. The van der Waals surface area contributed by atoms with Crippen LogP contribution in [0.2, 0.25) is 0 Å². The summed E-state index contributed by atoms with van der Waals surface area (Å²) in [7, 11) is -1.93. The van der Waals surface area contributed by atoms with Crippen LogP contribution in [0.25, 0.3) is 0 Å². The van der Waals surface area contributed by atoms with Gasteiger partial charge in [-0.3, -0.25) is 9.10 Å². The molecule has 1 aliphatic rings. The number of amides is 1. The maximum Gasteiger partial charge on any atom is 0.271 e. The first-order valence-corrected chi connectivity index (χ1v) is 8.94. The summed E-state index contributed by atoms with van der Waals surface area (Å²) in [5, 5.41) is 5.83. The van der Waals surface area contributed by atoms with E-state index >= 15 is 0 Å². The van der Waals surface area contributed by atoms with Crippen LogP contribution in [0.5, 0.6) is 0 Å². The van der Waals surface area contributed by atoms with E-state index in [0.29, 0.717) is 17.0 Å². The highest BCUT2D eigenvalue weighted by Gasteiger charge is 2.32. The number of thiophene rings is 1. The molecule has 1 aliphatic heterocycles. The Kier molecular flexibility index (Phi) is 3.71. The highest BCUT2D eigenvalue weighted by Crippen LogP contribution is 2.32. The molecule has 0 radical (unpaired) electrons. The Morgan fingerprint density at radius 2 is 2.00 bits per heavy atom. The molecule has 0 unspecified atom stereocenters. The third-order valence-corrected chi connectivity index (χ3v) is 5.93. The fraction of sp³-hybridized carbons (Fsp3) is 0.143. The first-order chi connectivity index (χ1) is 10.5. The summed E-state index contributed by atoms with van der Waals surface area (Å²) in [6.07, 6.45) is 0. The van der Waals surface area contributed by atoms with Gasteiger partial charge in [0.25, 0.3) is 5.91 Å². The minimum atomic E-state index is -3.45. The van der Waals surface area contributed by atoms with Crippen molar-refractivity contribution >= 4 is 38.7 Å². The zero-order valence-corrected chi connectivity index (χ0v) is 13.3. The molecule has 1 N–H and O–H groups in total. The van der Waals surface area contributed by atoms with Gasteiger partial charge in [0.05, 0.1) is 16.3 Å². The normalized spacial score (nSPS) is 18.0. The van der Waals surface area contributed by atoms with Crippen molar-refractivity contribution < 1.29 is 13.2 Å². The van der Waals surface area contributed by atoms with Gasteiger partial charge in [0.2, 0.25) is 10.0 Å². The zero-order chi connectivity index (χ0) is 15.7. The lowest BCUT2D eigenvalue weighted by Crippen LogP contribution is -2.38. The molecule has 0 bridgehead atoms. The van der Waals surface area contributed by atoms with Gasteiger partial charge in [-0.05, 0) is 23.6 Å². The van der Waals surface area contributed by atoms with E-state index in [2.05, 4.69) is 10.5 Å². The molecule has 1 aromatic heterocycles. The number of fused-ring (bicyclic) bond motifs is 1. The molecule has 0 saturated heterocycles. The summed E-state index contributed by atoms with van der Waals surface area (Å²) in [5.74, 6) is -0.603. The molecule has 2 aromatic rings. The first kappa shape index (κ1) is 14.7. The minimum absolute atomic E-state index is 0.230. The van der Waals surface area contributed by atoms with Crippen LogP contribution in [-0.4, -0.2) is 32.8 Å². The van der Waals surface area contributed by atoms with Gasteiger partial charge in [-0.1, -0.05) is 18.2 Å². The fourth-order valence-corrected chi connectivity index (χ4v) is 4.37. The van der Waals surface area contributed by atoms with Crippen molar-refractivity contribution in [2.75, 3.05) is 17.1 Å². The lowest BCUT2D eigenvalue weighted by molar-refractivity contribution is 0.0955. The van der Waals surface area contributed by atoms with Crippen LogP contribution in [0.15, 0.2) is 46.9 Å². The summed E-state index contributed by atoms with van der Waals surface area (Å²) in [5.41, 5.74) is 3.83. The van der Waals surface area contributed by atoms with E-state index in [4.69, 9.17) is 0 Å². The van der Waals surface area contributed by atoms with Crippen LogP contribution < -0.4 is 9.73 Å². The molecular weight excluding hydrogens is 322 g/mol. The molecule has 8 heteroatoms. The molecule has 3 rings (SSSR count). The van der Waals surface area contributed by atoms with Gasteiger partial charge in [-0.25, -0.2) is 13.8 Å². The molecule has 114 valence electrons. The summed E-state index contributed by atoms with van der Waals surface area (Å²) in [4.78, 5) is 12.7. The lowest BCUT2D eigenvalue weighted by Gasteiger charge is -2.25. The molecule has 1 aromatic carbocycles. The van der Waals surface area contributed by atoms with Crippen molar-refractivity contribution in [2.24, 2.45) is 5.10 Å². The monoisotopic (exact) mass is 335 g/mol. The molecule has 0 saturated carbocycles. The topological polar surface area (TPSA) is 78.8 Å². The Bertz CT molecular complexity index is 841. The number of nitrogens with zero attached hydrogens (tertiary/aromatic N) is 2. The summed E-state index contributed by atoms with van der Waals surface area (Å²) in [6, 6.07) is 10.4. The van der Waals surface area contributed by atoms with E-state index < -0.39 is 10.0 Å². The molecule has 0 aliphatic carbocycles. The predicted molar refractivity (Wildman–Crippen MR) is 87.0 cm³/mol. The number of hydrogen-bond donors (Lipinski definition) is 1. The Labute approximate surface area is 132 Å². The van der Waals surface area contributed by atoms with Crippen LogP contribution in [0.1, 0.15) is 15.2 Å². The quantitative estimate of drug-likeness (QED) is 0.848. The number of carbonyl (C=O) groups excluding carboxylic acids is 1. The summed E-state index contributed by atoms with van der Waals surface area (Å²) in [6.45, 7) is 0. The van der Waals surface area contributed by atoms with Crippen molar-refractivity contribution in [3.63, 3.8) is 0 Å². The van der Waals surface area contributed by atoms with Crippen LogP contribution in [0.4, 0.5) is 5.69 Å². The number of benzene rings is 1. The van der Waals surface area contributed by atoms with Gasteiger partial charge in [0, 0.05) is 12.6 Å². The van der Waals surface area contributed by atoms with Crippen molar-refractivity contribution in [1.29, 1.82) is 0 Å². The summed E-state index contributed by atoms with van der Waals surface area (Å²) >= 11 is 1.40. The number of hydrogen-bond acceptors (Lipinski definition) is 5. The molecule has 6 nitrogen and oxygen atoms in total. The van der Waals surface area contributed by atoms with Crippen LogP contribution in [0.3, 0.4) is 0 Å². The third-order valence-electron chi connectivity index (χ3n) is 3.31. The Morgan fingerprint density at radius 3 is 2.73 bits per heavy atom. The number of carbonyl (C=O) groups is 1. The second kappa shape index (κ2) is 5.54. The van der Waals surface area contributed by atoms with E-state index in [1.807, 2.05) is 6.07 Å². The van der Waals surface area contributed by atoms with E-state index in [9.17, 15) is 13.2 Å². The van der Waals surface area contributed by atoms with Gasteiger partial charge < -0.3 is 0 Å². The third kappa shape index (κ3) is 2.62. The van der Waals surface area contributed by atoms with E-state index in [1.54, 1.807) is 35.7 Å². The van der Waals surface area contributed by atoms with Crippen LogP contribution in [0, 0.1) is 0 Å². The van der Waals surface area contributed by atoms with Gasteiger partial charge in [0.15, 0.2) is 0 Å². The number of sulfonamides is 1. The van der Waals surface area contributed by atoms with Gasteiger partial charge in [0.1, 0.15) is 5.75 Å². The lowest BCUT2D eigenvalue weighted by atomic mass is 10.2. The summed E-state index contributed by atoms with van der Waals surface area (Å²) < 4.78 is 25.5. The number of anilines is 1. The second-order valence-electron chi connectivity index (χ2n) is 4.72. The minimum Gasteiger partial charge on any atom is -0.271 e. The molecule has 0 atom stereocenters. The fourth-order valence-electron chi connectivity index (χ4n) is 2.11. The van der Waals surface area contributed by atoms with Crippen molar-refractivity contribution in [3.8, 4) is 0 Å². The number of rotatable bonds is 2. The Morgan fingerprint density at radius 1 is 1.27 bits per heavy atom. The van der Waals surface area contributed by atoms with Gasteiger partial charge in [-0.15, -0.1) is 11.3 Å². The van der Waals surface area contributed by atoms with E-state index in [-0.39, 0.29) is 11.7 Å². The molecule has 22 heavy (non-hydrogen) atoms. The highest BCUT2D eigenvalue weighted by atomic mass is 32.2. The van der Waals surface area contributed by atoms with Crippen LogP contribution in [-0.2, 0) is 10.0 Å². The first-order valence-electron chi connectivity index (χ1n) is 6.45. The SMILES string of the molecule is CN1c2ccsc2C(=NNC(=O)c2ccccc2)CS1(=O)=O. The molecule has 0 fully saturated rings. The number of hydrazone groups is 1. The molecule has 0 spiro atoms. The van der Waals surface area contributed by atoms with E-state index in [1.165, 1.54) is 22.7 Å². The average Bonchev–Trinajstić information content (AvgIpc) is 3.00. The maximum absolute atomic E-state index is 12.1. The zero-order valence-electron chi connectivity index (χ0n) is 11.7. The maximum atomic E-state index is 12.1. The van der Waals surface area contributed by atoms with Gasteiger partial charge in [-0.2, -0.15) is 5.10 Å². The highest BCUT2D eigenvalue weighted by molar-refractivity contribution is 7.93. The molecule has 1 amide bonds. The molecule has 2 heterocycles. The second-order valence-corrected chi connectivity index (χ2v) is 7.64. The smallest absolute Gasteiger partial charge is 0.271 e. The van der Waals surface area contributed by atoms with Crippen molar-refractivity contribution in [3.05, 3.63) is 52.2 Å². The Balaban J connectivity index is 1.89. The van der Waals surface area contributed by atoms with Crippen LogP contribution >= 0.6 is 11.3 Å². The largest absolute Gasteiger partial charge is 0.271 e. The van der Waals surface area contributed by atoms with Crippen molar-refractivity contribution in [2.45, 2.75) is 0 Å². The van der Waals surface area contributed by atoms with Gasteiger partial charge >= 0.3 is 0 Å². The average molecular weight is 335 g/mol. The standard InChI is InChI=1S/C14H13N3O3S2/c1-17-12-7-8-21-13(12)11(9-22(17,19)20)15-16-14(18)10-5-3-2-4-6-10/h2-8H,9H2,1H3,(H,16,18). The van der Waals surface area contributed by atoms with Crippen molar-refractivity contribution in [1.82, 2.24) is 5.43 Å². The Hall–Kier alpha value is -2.19. The predicted octanol–water partition coefficient (Wildman–Crippen LogP) is 1.66. The number of nitrogens with one attached hydrogen (secondary N) is 1. The van der Waals surface area contributed by atoms with E-state index in [0.717, 1.165) is 4.88 Å².